The van der Waals surface area contributed by atoms with E-state index in [1.807, 2.05) is 13.0 Å². The molecule has 1 N–H and O–H groups in total. The Labute approximate surface area is 158 Å². The summed E-state index contributed by atoms with van der Waals surface area (Å²) in [5.41, 5.74) is 1.72. The second kappa shape index (κ2) is 8.48. The molecule has 0 atom stereocenters. The van der Waals surface area contributed by atoms with Gasteiger partial charge in [0.25, 0.3) is 0 Å². The van der Waals surface area contributed by atoms with Crippen molar-refractivity contribution in [1.82, 2.24) is 4.98 Å². The molecule has 1 saturated carbocycles. The van der Waals surface area contributed by atoms with E-state index >= 15 is 0 Å². The Balaban J connectivity index is 1.76. The second-order valence-electron chi connectivity index (χ2n) is 6.94. The number of aromatic nitrogens is 1. The highest BCUT2D eigenvalue weighted by Crippen LogP contribution is 2.42. The number of aryl methyl sites for hydroxylation is 1. The number of ether oxygens (including phenoxy) is 2. The maximum absolute atomic E-state index is 13.3. The summed E-state index contributed by atoms with van der Waals surface area (Å²) in [4.78, 5) is 17.4. The average Bonchev–Trinajstić information content (AvgIpc) is 3.15. The lowest BCUT2D eigenvalue weighted by Crippen LogP contribution is -2.38. The first kappa shape index (κ1) is 19.3. The summed E-state index contributed by atoms with van der Waals surface area (Å²) in [6, 6.07) is 8.12. The minimum atomic E-state index is -0.616. The number of anilines is 1. The van der Waals surface area contributed by atoms with Crippen molar-refractivity contribution >= 4 is 11.6 Å². The van der Waals surface area contributed by atoms with Crippen LogP contribution in [0.3, 0.4) is 0 Å². The van der Waals surface area contributed by atoms with Crippen LogP contribution in [-0.4, -0.2) is 31.2 Å². The molecular formula is C21H25FN2O3. The topological polar surface area (TPSA) is 60.5 Å². The van der Waals surface area contributed by atoms with Gasteiger partial charge < -0.3 is 14.8 Å². The zero-order chi connectivity index (χ0) is 19.3. The van der Waals surface area contributed by atoms with E-state index in [1.165, 1.54) is 12.1 Å². The first-order valence-corrected chi connectivity index (χ1v) is 9.21. The Morgan fingerprint density at radius 3 is 2.56 bits per heavy atom. The summed E-state index contributed by atoms with van der Waals surface area (Å²) in [5.74, 6) is 0.163. The van der Waals surface area contributed by atoms with Crippen molar-refractivity contribution in [3.63, 3.8) is 0 Å². The van der Waals surface area contributed by atoms with Crippen LogP contribution in [0, 0.1) is 12.7 Å². The summed E-state index contributed by atoms with van der Waals surface area (Å²) < 4.78 is 23.8. The van der Waals surface area contributed by atoms with Crippen molar-refractivity contribution in [2.24, 2.45) is 0 Å². The molecule has 0 aliphatic heterocycles. The van der Waals surface area contributed by atoms with Crippen molar-refractivity contribution in [3.8, 4) is 5.88 Å². The predicted molar refractivity (Wildman–Crippen MR) is 102 cm³/mol. The highest BCUT2D eigenvalue weighted by molar-refractivity contribution is 5.99. The van der Waals surface area contributed by atoms with Gasteiger partial charge >= 0.3 is 0 Å². The van der Waals surface area contributed by atoms with Crippen LogP contribution >= 0.6 is 0 Å². The molecule has 0 spiro atoms. The predicted octanol–water partition coefficient (Wildman–Crippen LogP) is 4.00. The van der Waals surface area contributed by atoms with Gasteiger partial charge in [-0.3, -0.25) is 4.79 Å². The standard InChI is InChI=1S/C21H25FN2O3/c1-15-13-18(14-23-19(15)27-12-11-26-2)24-20(25)21(9-3-4-10-21)16-5-7-17(22)8-6-16/h5-8,13-14H,3-4,9-12H2,1-2H3,(H,24,25). The second-order valence-corrected chi connectivity index (χ2v) is 6.94. The molecule has 1 aromatic heterocycles. The molecule has 1 aromatic carbocycles. The minimum Gasteiger partial charge on any atom is -0.475 e. The molecule has 1 aliphatic rings. The largest absolute Gasteiger partial charge is 0.475 e. The Bertz CT molecular complexity index is 787. The summed E-state index contributed by atoms with van der Waals surface area (Å²) in [5, 5.41) is 3.00. The number of hydrogen-bond acceptors (Lipinski definition) is 4. The van der Waals surface area contributed by atoms with E-state index < -0.39 is 5.41 Å². The van der Waals surface area contributed by atoms with E-state index in [2.05, 4.69) is 10.3 Å². The van der Waals surface area contributed by atoms with Gasteiger partial charge in [-0.05, 0) is 43.5 Å². The quantitative estimate of drug-likeness (QED) is 0.746. The number of pyridine rings is 1. The van der Waals surface area contributed by atoms with Crippen LogP contribution in [0.1, 0.15) is 36.8 Å². The molecule has 3 rings (SSSR count). The Morgan fingerprint density at radius 1 is 1.22 bits per heavy atom. The molecule has 0 unspecified atom stereocenters. The van der Waals surface area contributed by atoms with Crippen LogP contribution in [-0.2, 0) is 14.9 Å². The number of rotatable bonds is 7. The Morgan fingerprint density at radius 2 is 1.93 bits per heavy atom. The maximum Gasteiger partial charge on any atom is 0.235 e. The van der Waals surface area contributed by atoms with Crippen LogP contribution in [0.5, 0.6) is 5.88 Å². The summed E-state index contributed by atoms with van der Waals surface area (Å²) >= 11 is 0. The number of nitrogens with zero attached hydrogens (tertiary/aromatic N) is 1. The highest BCUT2D eigenvalue weighted by atomic mass is 19.1. The lowest BCUT2D eigenvalue weighted by atomic mass is 9.78. The van der Waals surface area contributed by atoms with Gasteiger partial charge in [0.1, 0.15) is 12.4 Å². The monoisotopic (exact) mass is 372 g/mol. The van der Waals surface area contributed by atoms with Crippen LogP contribution in [0.4, 0.5) is 10.1 Å². The van der Waals surface area contributed by atoms with Gasteiger partial charge in [0.05, 0.1) is 23.9 Å². The SMILES string of the molecule is COCCOc1ncc(NC(=O)C2(c3ccc(F)cc3)CCCC2)cc1C. The van der Waals surface area contributed by atoms with Crippen molar-refractivity contribution < 1.29 is 18.7 Å². The van der Waals surface area contributed by atoms with E-state index in [1.54, 1.807) is 25.4 Å². The summed E-state index contributed by atoms with van der Waals surface area (Å²) in [6.45, 7) is 2.79. The Hall–Kier alpha value is -2.47. The van der Waals surface area contributed by atoms with Gasteiger partial charge in [-0.2, -0.15) is 0 Å². The number of hydrogen-bond donors (Lipinski definition) is 1. The summed E-state index contributed by atoms with van der Waals surface area (Å²) in [6.07, 6.45) is 5.08. The molecule has 1 amide bonds. The lowest BCUT2D eigenvalue weighted by molar-refractivity contribution is -0.121. The molecule has 0 saturated heterocycles. The third kappa shape index (κ3) is 4.27. The van der Waals surface area contributed by atoms with E-state index in [9.17, 15) is 9.18 Å². The van der Waals surface area contributed by atoms with E-state index in [-0.39, 0.29) is 11.7 Å². The van der Waals surface area contributed by atoms with Gasteiger partial charge in [-0.1, -0.05) is 25.0 Å². The molecular weight excluding hydrogens is 347 g/mol. The van der Waals surface area contributed by atoms with E-state index in [4.69, 9.17) is 9.47 Å². The average molecular weight is 372 g/mol. The molecule has 2 aromatic rings. The van der Waals surface area contributed by atoms with Crippen LogP contribution in [0.25, 0.3) is 0 Å². The van der Waals surface area contributed by atoms with Gasteiger partial charge in [-0.25, -0.2) is 9.37 Å². The van der Waals surface area contributed by atoms with Crippen molar-refractivity contribution in [2.45, 2.75) is 38.0 Å². The third-order valence-electron chi connectivity index (χ3n) is 5.10. The Kier molecular flexibility index (Phi) is 6.06. The van der Waals surface area contributed by atoms with Crippen LogP contribution in [0.2, 0.25) is 0 Å². The number of benzene rings is 1. The molecule has 0 radical (unpaired) electrons. The zero-order valence-electron chi connectivity index (χ0n) is 15.8. The fourth-order valence-electron chi connectivity index (χ4n) is 3.65. The fourth-order valence-corrected chi connectivity index (χ4v) is 3.65. The molecule has 5 nitrogen and oxygen atoms in total. The third-order valence-corrected chi connectivity index (χ3v) is 5.10. The van der Waals surface area contributed by atoms with E-state index in [0.717, 1.165) is 36.8 Å². The fraction of sp³-hybridized carbons (Fsp3) is 0.429. The highest BCUT2D eigenvalue weighted by Gasteiger charge is 2.42. The van der Waals surface area contributed by atoms with Crippen LogP contribution in [0.15, 0.2) is 36.5 Å². The first-order chi connectivity index (χ1) is 13.0. The number of carbonyl (C=O) groups is 1. The molecule has 6 heteroatoms. The number of methoxy groups -OCH3 is 1. The van der Waals surface area contributed by atoms with Crippen molar-refractivity contribution in [3.05, 3.63) is 53.5 Å². The van der Waals surface area contributed by atoms with E-state index in [0.29, 0.717) is 24.8 Å². The van der Waals surface area contributed by atoms with Gasteiger partial charge in [0, 0.05) is 12.7 Å². The molecule has 144 valence electrons. The molecule has 27 heavy (non-hydrogen) atoms. The van der Waals surface area contributed by atoms with Crippen molar-refractivity contribution in [2.75, 3.05) is 25.6 Å². The minimum absolute atomic E-state index is 0.0686. The van der Waals surface area contributed by atoms with Gasteiger partial charge in [0.2, 0.25) is 11.8 Å². The molecule has 1 fully saturated rings. The molecule has 0 bridgehead atoms. The maximum atomic E-state index is 13.3. The number of halogens is 1. The molecule has 1 heterocycles. The van der Waals surface area contributed by atoms with Crippen molar-refractivity contribution in [1.29, 1.82) is 0 Å². The summed E-state index contributed by atoms with van der Waals surface area (Å²) in [7, 11) is 1.61. The molecule has 1 aliphatic carbocycles. The number of amides is 1. The normalized spacial score (nSPS) is 15.5. The van der Waals surface area contributed by atoms with Gasteiger partial charge in [-0.15, -0.1) is 0 Å². The smallest absolute Gasteiger partial charge is 0.235 e. The number of nitrogens with one attached hydrogen (secondary N) is 1. The van der Waals surface area contributed by atoms with Crippen LogP contribution < -0.4 is 10.1 Å². The lowest BCUT2D eigenvalue weighted by Gasteiger charge is -2.28. The van der Waals surface area contributed by atoms with Gasteiger partial charge in [0.15, 0.2) is 0 Å². The first-order valence-electron chi connectivity index (χ1n) is 9.21. The number of carbonyl (C=O) groups excluding carboxylic acids is 1. The zero-order valence-corrected chi connectivity index (χ0v) is 15.8.